The minimum absolute atomic E-state index is 0.531. The summed E-state index contributed by atoms with van der Waals surface area (Å²) < 4.78 is 14.9. The average Bonchev–Trinajstić information content (AvgIpc) is 2.03. The van der Waals surface area contributed by atoms with Crippen LogP contribution >= 0.6 is 0 Å². The lowest BCUT2D eigenvalue weighted by atomic mass is 10.1. The maximum absolute atomic E-state index is 7.44. The van der Waals surface area contributed by atoms with Crippen molar-refractivity contribution >= 4 is 5.57 Å². The summed E-state index contributed by atoms with van der Waals surface area (Å²) in [7, 11) is 0. The Morgan fingerprint density at radius 3 is 2.60 bits per heavy atom. The molecule has 0 saturated heterocycles. The second kappa shape index (κ2) is 3.21. The lowest BCUT2D eigenvalue weighted by molar-refractivity contribution is 1.24. The van der Waals surface area contributed by atoms with Crippen LogP contribution in [0.3, 0.4) is 0 Å². The predicted octanol–water partition coefficient (Wildman–Crippen LogP) is 3.11. The molecule has 0 aliphatic rings. The van der Waals surface area contributed by atoms with Crippen molar-refractivity contribution in [1.82, 2.24) is 0 Å². The maximum Gasteiger partial charge on any atom is 0.0313 e. The SMILES string of the molecule is [2H]C([2H])(C)C(=C)c1ccccc1. The molecule has 0 bridgehead atoms. The molecule has 0 radical (unpaired) electrons. The number of hydrogen-bond donors (Lipinski definition) is 0. The van der Waals surface area contributed by atoms with Gasteiger partial charge in [0.15, 0.2) is 0 Å². The zero-order valence-corrected chi connectivity index (χ0v) is 6.09. The predicted molar refractivity (Wildman–Crippen MR) is 45.8 cm³/mol. The Morgan fingerprint density at radius 2 is 2.10 bits per heavy atom. The van der Waals surface area contributed by atoms with E-state index in [1.54, 1.807) is 0 Å². The van der Waals surface area contributed by atoms with Crippen LogP contribution in [0.5, 0.6) is 0 Å². The highest BCUT2D eigenvalue weighted by Gasteiger charge is 1.91. The van der Waals surface area contributed by atoms with Crippen molar-refractivity contribution in [2.75, 3.05) is 0 Å². The summed E-state index contributed by atoms with van der Waals surface area (Å²) in [6.45, 7) is 5.24. The molecule has 0 heterocycles. The molecule has 0 heteroatoms. The quantitative estimate of drug-likeness (QED) is 0.583. The average molecular weight is 134 g/mol. The van der Waals surface area contributed by atoms with Gasteiger partial charge in [-0.05, 0) is 17.5 Å². The first-order chi connectivity index (χ1) is 5.52. The van der Waals surface area contributed by atoms with E-state index in [4.69, 9.17) is 2.74 Å². The van der Waals surface area contributed by atoms with Crippen molar-refractivity contribution in [3.63, 3.8) is 0 Å². The van der Waals surface area contributed by atoms with E-state index in [1.807, 2.05) is 30.3 Å². The molecular weight excluding hydrogens is 120 g/mol. The van der Waals surface area contributed by atoms with Gasteiger partial charge >= 0.3 is 0 Å². The van der Waals surface area contributed by atoms with Crippen molar-refractivity contribution in [3.05, 3.63) is 42.5 Å². The van der Waals surface area contributed by atoms with Crippen molar-refractivity contribution in [3.8, 4) is 0 Å². The van der Waals surface area contributed by atoms with E-state index in [0.29, 0.717) is 5.57 Å². The molecular formula is C10H12. The van der Waals surface area contributed by atoms with Gasteiger partial charge in [-0.2, -0.15) is 0 Å². The topological polar surface area (TPSA) is 0 Å². The molecule has 0 unspecified atom stereocenters. The highest BCUT2D eigenvalue weighted by Crippen LogP contribution is 2.13. The molecule has 0 N–H and O–H groups in total. The molecule has 1 aromatic rings. The van der Waals surface area contributed by atoms with Gasteiger partial charge in [0.2, 0.25) is 0 Å². The van der Waals surface area contributed by atoms with Crippen LogP contribution in [0.1, 0.15) is 21.6 Å². The summed E-state index contributed by atoms with van der Waals surface area (Å²) in [5, 5.41) is 0. The van der Waals surface area contributed by atoms with E-state index < -0.39 is 6.37 Å². The Kier molecular flexibility index (Phi) is 1.52. The molecule has 0 spiro atoms. The monoisotopic (exact) mass is 134 g/mol. The van der Waals surface area contributed by atoms with Crippen molar-refractivity contribution in [2.45, 2.75) is 13.3 Å². The van der Waals surface area contributed by atoms with Gasteiger partial charge in [-0.25, -0.2) is 0 Å². The zero-order valence-electron chi connectivity index (χ0n) is 8.09. The molecule has 0 amide bonds. The second-order valence-corrected chi connectivity index (χ2v) is 2.09. The molecule has 0 fully saturated rings. The molecule has 52 valence electrons. The molecule has 1 aromatic carbocycles. The van der Waals surface area contributed by atoms with Gasteiger partial charge in [0.05, 0.1) is 0 Å². The van der Waals surface area contributed by atoms with Crippen LogP contribution in [-0.2, 0) is 0 Å². The lowest BCUT2D eigenvalue weighted by Gasteiger charge is -1.99. The van der Waals surface area contributed by atoms with Crippen LogP contribution in [0.4, 0.5) is 0 Å². The summed E-state index contributed by atoms with van der Waals surface area (Å²) in [5.41, 5.74) is 1.40. The van der Waals surface area contributed by atoms with Crippen LogP contribution in [0.15, 0.2) is 36.9 Å². The Balaban J connectivity index is 2.94. The van der Waals surface area contributed by atoms with Crippen LogP contribution < -0.4 is 0 Å². The standard InChI is InChI=1S/C10H12/c1-3-9(2)10-7-5-4-6-8-10/h4-8H,2-3H2,1H3/i3D2. The normalized spacial score (nSPS) is 13.7. The van der Waals surface area contributed by atoms with E-state index in [9.17, 15) is 0 Å². The lowest BCUT2D eigenvalue weighted by Crippen LogP contribution is -1.77. The zero-order chi connectivity index (χ0) is 9.19. The maximum atomic E-state index is 7.44. The number of benzene rings is 1. The van der Waals surface area contributed by atoms with Crippen LogP contribution in [0.25, 0.3) is 5.57 Å². The van der Waals surface area contributed by atoms with E-state index >= 15 is 0 Å². The van der Waals surface area contributed by atoms with Crippen molar-refractivity contribution in [1.29, 1.82) is 0 Å². The fourth-order valence-corrected chi connectivity index (χ4v) is 0.784. The third-order valence-electron chi connectivity index (χ3n) is 1.42. The third kappa shape index (κ3) is 1.47. The number of allylic oxidation sites excluding steroid dienone is 1. The first-order valence-electron chi connectivity index (χ1n) is 4.26. The molecule has 0 aliphatic carbocycles. The van der Waals surface area contributed by atoms with Gasteiger partial charge in [-0.3, -0.25) is 0 Å². The Labute approximate surface area is 65.0 Å². The molecule has 10 heavy (non-hydrogen) atoms. The number of rotatable bonds is 2. The van der Waals surface area contributed by atoms with Gasteiger partial charge < -0.3 is 0 Å². The van der Waals surface area contributed by atoms with Crippen molar-refractivity contribution < 1.29 is 2.74 Å². The fourth-order valence-electron chi connectivity index (χ4n) is 0.784. The van der Waals surface area contributed by atoms with Gasteiger partial charge in [-0.15, -0.1) is 0 Å². The van der Waals surface area contributed by atoms with Crippen LogP contribution in [0.2, 0.25) is 0 Å². The Morgan fingerprint density at radius 1 is 1.50 bits per heavy atom. The van der Waals surface area contributed by atoms with Gasteiger partial charge in [-0.1, -0.05) is 43.8 Å². The summed E-state index contributed by atoms with van der Waals surface area (Å²) >= 11 is 0. The summed E-state index contributed by atoms with van der Waals surface area (Å²) in [6.07, 6.45) is -1.33. The van der Waals surface area contributed by atoms with E-state index in [0.717, 1.165) is 5.56 Å². The summed E-state index contributed by atoms with van der Waals surface area (Å²) in [4.78, 5) is 0. The summed E-state index contributed by atoms with van der Waals surface area (Å²) in [6, 6.07) is 9.40. The van der Waals surface area contributed by atoms with Crippen LogP contribution in [-0.4, -0.2) is 0 Å². The molecule has 0 aliphatic heterocycles. The minimum Gasteiger partial charge on any atom is -0.0952 e. The molecule has 0 saturated carbocycles. The summed E-state index contributed by atoms with van der Waals surface area (Å²) in [5.74, 6) is 0. The fraction of sp³-hybridized carbons (Fsp3) is 0.200. The van der Waals surface area contributed by atoms with E-state index in [1.165, 1.54) is 6.92 Å². The Hall–Kier alpha value is -1.04. The highest BCUT2D eigenvalue weighted by atomic mass is 14.0. The van der Waals surface area contributed by atoms with Crippen molar-refractivity contribution in [2.24, 2.45) is 0 Å². The molecule has 0 atom stereocenters. The molecule has 0 nitrogen and oxygen atoms in total. The Bertz CT molecular complexity index is 270. The van der Waals surface area contributed by atoms with E-state index in [2.05, 4.69) is 6.58 Å². The van der Waals surface area contributed by atoms with Gasteiger partial charge in [0, 0.05) is 2.74 Å². The van der Waals surface area contributed by atoms with Gasteiger partial charge in [0.25, 0.3) is 0 Å². The third-order valence-corrected chi connectivity index (χ3v) is 1.42. The largest absolute Gasteiger partial charge is 0.0952 e. The number of hydrogen-bond acceptors (Lipinski definition) is 0. The van der Waals surface area contributed by atoms with E-state index in [-0.39, 0.29) is 0 Å². The molecule has 0 aromatic heterocycles. The smallest absolute Gasteiger partial charge is 0.0313 e. The first-order valence-corrected chi connectivity index (χ1v) is 3.26. The van der Waals surface area contributed by atoms with Crippen LogP contribution in [0, 0.1) is 0 Å². The highest BCUT2D eigenvalue weighted by molar-refractivity contribution is 5.62. The van der Waals surface area contributed by atoms with Gasteiger partial charge in [0.1, 0.15) is 0 Å². The first kappa shape index (κ1) is 4.73. The minimum atomic E-state index is -1.33. The second-order valence-electron chi connectivity index (χ2n) is 2.09. The molecule has 1 rings (SSSR count).